The highest BCUT2D eigenvalue weighted by Crippen LogP contribution is 2.41. The van der Waals surface area contributed by atoms with Crippen molar-refractivity contribution in [3.8, 4) is 0 Å². The number of nitrogen functional groups attached to an aromatic ring is 1. The van der Waals surface area contributed by atoms with Gasteiger partial charge in [-0.25, -0.2) is 14.4 Å². The first-order valence-electron chi connectivity index (χ1n) is 20.1. The Morgan fingerprint density at radius 3 is 2.02 bits per heavy atom. The van der Waals surface area contributed by atoms with Crippen LogP contribution < -0.4 is 22.1 Å². The summed E-state index contributed by atoms with van der Waals surface area (Å²) in [4.78, 5) is 94.3. The molecule has 22 heteroatoms. The summed E-state index contributed by atoms with van der Waals surface area (Å²) >= 11 is 1.18. The highest BCUT2D eigenvalue weighted by Gasteiger charge is 2.55. The van der Waals surface area contributed by atoms with Crippen molar-refractivity contribution in [2.75, 3.05) is 37.7 Å². The Bertz CT molecular complexity index is 2580. The molecule has 0 radical (unpaired) electrons. The Morgan fingerprint density at radius 1 is 0.848 bits per heavy atom. The molecule has 0 bridgehead atoms. The summed E-state index contributed by atoms with van der Waals surface area (Å²) in [6.45, 7) is 3.45. The largest absolute Gasteiger partial charge is 0.516 e. The maximum absolute atomic E-state index is 13.9. The minimum absolute atomic E-state index is 0.0666. The van der Waals surface area contributed by atoms with Gasteiger partial charge in [0.25, 0.3) is 16.0 Å². The lowest BCUT2D eigenvalue weighted by molar-refractivity contribution is -0.153. The van der Waals surface area contributed by atoms with Gasteiger partial charge in [-0.05, 0) is 54.8 Å². The molecule has 3 heterocycles. The first-order valence-corrected chi connectivity index (χ1v) is 22.6. The molecule has 7 rings (SSSR count). The number of benzene rings is 4. The number of piperazine rings is 1. The zero-order valence-electron chi connectivity index (χ0n) is 35.4. The van der Waals surface area contributed by atoms with E-state index in [2.05, 4.69) is 10.6 Å². The second-order valence-electron chi connectivity index (χ2n) is 14.8. The Labute approximate surface area is 382 Å². The van der Waals surface area contributed by atoms with Crippen LogP contribution in [0.4, 0.5) is 20.1 Å². The summed E-state index contributed by atoms with van der Waals surface area (Å²) in [7, 11) is -4.02. The predicted octanol–water partition coefficient (Wildman–Crippen LogP) is 3.60. The zero-order valence-corrected chi connectivity index (χ0v) is 37.0. The molecule has 2 fully saturated rings. The van der Waals surface area contributed by atoms with Crippen LogP contribution in [0.5, 0.6) is 0 Å². The first-order chi connectivity index (χ1) is 31.5. The number of carbonyl (C=O) groups excluding carboxylic acids is 7. The fourth-order valence-electron chi connectivity index (χ4n) is 6.88. The Hall–Kier alpha value is -7.43. The molecule has 66 heavy (non-hydrogen) atoms. The van der Waals surface area contributed by atoms with Gasteiger partial charge in [0.05, 0.1) is 4.90 Å². The maximum atomic E-state index is 13.9. The van der Waals surface area contributed by atoms with E-state index in [-0.39, 0.29) is 47.3 Å². The molecule has 2 saturated heterocycles. The summed E-state index contributed by atoms with van der Waals surface area (Å²) < 4.78 is 46.0. The van der Waals surface area contributed by atoms with E-state index in [0.29, 0.717) is 16.8 Å². The topological polar surface area (TPSA) is 287 Å². The average molecular weight is 944 g/mol. The molecule has 0 saturated carbocycles. The molecule has 7 N–H and O–H groups in total. The highest BCUT2D eigenvalue weighted by molar-refractivity contribution is 8.00. The minimum Gasteiger partial charge on any atom is -0.445 e. The smallest absolute Gasteiger partial charge is 0.445 e. The molecule has 3 aliphatic heterocycles. The zero-order chi connectivity index (χ0) is 47.7. The third-order valence-electron chi connectivity index (χ3n) is 10.3. The Balaban J connectivity index is 0.000000574. The lowest BCUT2D eigenvalue weighted by atomic mass is 10.0. The number of fused-ring (bicyclic) bond motifs is 1. The highest BCUT2D eigenvalue weighted by atomic mass is 32.2. The number of rotatable bonds is 12. The number of thioether (sulfide) groups is 1. The van der Waals surface area contributed by atoms with Crippen LogP contribution in [0, 0.1) is 6.92 Å². The molecule has 4 aromatic carbocycles. The molecule has 0 aliphatic carbocycles. The number of primary amides is 1. The number of nitrogens with two attached hydrogens (primary N) is 2. The second-order valence-corrected chi connectivity index (χ2v) is 17.3. The van der Waals surface area contributed by atoms with Crippen LogP contribution in [0.3, 0.4) is 0 Å². The average Bonchev–Trinajstić information content (AvgIpc) is 3.30. The van der Waals surface area contributed by atoms with Crippen LogP contribution in [-0.2, 0) is 43.5 Å². The van der Waals surface area contributed by atoms with Gasteiger partial charge in [0, 0.05) is 36.6 Å². The number of hydrogen-bond acceptors (Lipinski definition) is 14. The first kappa shape index (κ1) is 48.0. The number of nitrogens with zero attached hydrogens (tertiary/aromatic N) is 3. The van der Waals surface area contributed by atoms with E-state index in [9.17, 15) is 42.0 Å². The van der Waals surface area contributed by atoms with Gasteiger partial charge in [0.15, 0.2) is 6.10 Å². The predicted molar refractivity (Wildman–Crippen MR) is 237 cm³/mol. The van der Waals surface area contributed by atoms with Gasteiger partial charge in [-0.2, -0.15) is 8.42 Å². The van der Waals surface area contributed by atoms with Crippen molar-refractivity contribution >= 4 is 69.5 Å². The molecule has 0 unspecified atom stereocenters. The maximum Gasteiger partial charge on any atom is 0.516 e. The summed E-state index contributed by atoms with van der Waals surface area (Å²) in [5.41, 5.74) is 14.2. The second kappa shape index (κ2) is 21.0. The van der Waals surface area contributed by atoms with Gasteiger partial charge in [0.2, 0.25) is 11.8 Å². The van der Waals surface area contributed by atoms with Crippen molar-refractivity contribution in [3.05, 3.63) is 143 Å². The molecule has 346 valence electrons. The number of urea groups is 1. The lowest BCUT2D eigenvalue weighted by Crippen LogP contribution is -2.71. The molecule has 20 nitrogen and oxygen atoms in total. The Morgan fingerprint density at radius 2 is 1.45 bits per heavy atom. The number of nitrogens with one attached hydrogen (secondary N) is 2. The van der Waals surface area contributed by atoms with Gasteiger partial charge in [-0.1, -0.05) is 90.5 Å². The van der Waals surface area contributed by atoms with Crippen molar-refractivity contribution in [3.63, 3.8) is 0 Å². The van der Waals surface area contributed by atoms with Gasteiger partial charge >= 0.3 is 30.1 Å². The van der Waals surface area contributed by atoms with Crippen molar-refractivity contribution in [1.82, 2.24) is 25.3 Å². The number of anilines is 1. The molecule has 0 aromatic heterocycles. The summed E-state index contributed by atoms with van der Waals surface area (Å²) in [6, 6.07) is 26.3. The number of β-lactam (4-membered cyclic amide) rings is 1. The third-order valence-corrected chi connectivity index (χ3v) is 12.5. The van der Waals surface area contributed by atoms with E-state index >= 15 is 0 Å². The number of carbonyl (C=O) groups is 7. The van der Waals surface area contributed by atoms with Crippen LogP contribution in [-0.4, -0.2) is 113 Å². The molecule has 3 aliphatic rings. The van der Waals surface area contributed by atoms with E-state index in [1.165, 1.54) is 53.1 Å². The molecule has 4 aromatic rings. The molecule has 7 amide bonds. The summed E-state index contributed by atoms with van der Waals surface area (Å²) in [5.74, 6) is -3.55. The van der Waals surface area contributed by atoms with Crippen molar-refractivity contribution in [1.29, 1.82) is 0 Å². The van der Waals surface area contributed by atoms with Crippen LogP contribution in [0.1, 0.15) is 41.3 Å². The van der Waals surface area contributed by atoms with Crippen LogP contribution in [0.25, 0.3) is 0 Å². The third kappa shape index (κ3) is 11.4. The monoisotopic (exact) mass is 943 g/mol. The van der Waals surface area contributed by atoms with E-state index in [0.717, 1.165) is 15.4 Å². The minimum atomic E-state index is -4.02. The van der Waals surface area contributed by atoms with E-state index in [4.69, 9.17) is 30.2 Å². The summed E-state index contributed by atoms with van der Waals surface area (Å²) in [6.07, 6.45) is -3.13. The van der Waals surface area contributed by atoms with Crippen LogP contribution in [0.15, 0.2) is 126 Å². The molecule has 3 atom stereocenters. The Kier molecular flexibility index (Phi) is 15.3. The lowest BCUT2D eigenvalue weighted by Gasteiger charge is -2.49. The normalized spacial score (nSPS) is 17.4. The number of imide groups is 1. The summed E-state index contributed by atoms with van der Waals surface area (Å²) in [5, 5.41) is 4.37. The van der Waals surface area contributed by atoms with Crippen molar-refractivity contribution in [2.24, 2.45) is 5.73 Å². The molecular weight excluding hydrogens is 899 g/mol. The van der Waals surface area contributed by atoms with Crippen molar-refractivity contribution < 1.29 is 60.7 Å². The van der Waals surface area contributed by atoms with Crippen molar-refractivity contribution in [2.45, 2.75) is 42.3 Å². The fraction of sp³-hybridized carbons (Fsp3) is 0.250. The number of hydrogen-bond donors (Lipinski definition) is 5. The van der Waals surface area contributed by atoms with E-state index in [1.807, 2.05) is 19.1 Å². The van der Waals surface area contributed by atoms with Crippen LogP contribution >= 0.6 is 11.8 Å². The SMILES string of the molecule is CCN1CCN(C(=O)N[C@@H](C(=O)N[C@@H]2C(=O)N3C(OC(=O)OC(c4ccccc4)c4ccccc4)=C(COC(N)=O)CS[C@@H]23)c2ccc(N)cc2)C(=O)C1=O.Cc1ccc(S(=O)(=O)O)cc1. The quantitative estimate of drug-likeness (QED) is 0.0446. The number of ether oxygens (including phenoxy) is 3. The van der Waals surface area contributed by atoms with E-state index in [1.54, 1.807) is 67.6 Å². The van der Waals surface area contributed by atoms with Gasteiger partial charge < -0.3 is 41.2 Å². The van der Waals surface area contributed by atoms with Gasteiger partial charge in [-0.3, -0.25) is 33.5 Å². The number of amides is 7. The molecule has 0 spiro atoms. The number of likely N-dealkylation sites (N-methyl/N-ethyl adjacent to an activating group) is 1. The van der Waals surface area contributed by atoms with Gasteiger partial charge in [0.1, 0.15) is 24.1 Å². The fourth-order valence-corrected chi connectivity index (χ4v) is 8.66. The van der Waals surface area contributed by atoms with Gasteiger partial charge in [-0.15, -0.1) is 11.8 Å². The number of aryl methyl sites for hydroxylation is 1. The van der Waals surface area contributed by atoms with Crippen LogP contribution in [0.2, 0.25) is 0 Å². The van der Waals surface area contributed by atoms with E-state index < -0.39 is 82.2 Å². The molecular formula is C44H45N7O13S2. The standard InChI is InChI=1S/C37H37N7O10S.C7H8O3S/c1-2-42-17-18-43(32(48)31(42)47)36(50)41-26(21-13-15-25(38)16-14-21)29(45)40-27-30(46)44-33(24(19-52-35(39)49)20-55-34(27)44)54-37(51)53-28(22-9-5-3-6-10-22)23-11-7-4-8-12-23;1-6-2-4-7(5-3-6)11(8,9)10/h3-16,26-28,34H,2,17-20,38H2,1H3,(H2,39,49)(H,40,45)(H,41,50);2-5H,1H3,(H,8,9,10)/t26-,27-,34+;/m1./s1.